The molecule has 9 aromatic carbocycles. The first-order chi connectivity index (χ1) is 25.2. The molecule has 0 fully saturated rings. The lowest BCUT2D eigenvalue weighted by Crippen LogP contribution is -2.11. The number of para-hydroxylation sites is 5. The molecule has 0 atom stereocenters. The van der Waals surface area contributed by atoms with Crippen LogP contribution in [0.2, 0.25) is 0 Å². The Bertz CT molecular complexity index is 3120. The molecule has 0 saturated heterocycles. The fourth-order valence-electron chi connectivity index (χ4n) is 8.28. The van der Waals surface area contributed by atoms with Gasteiger partial charge in [0.15, 0.2) is 11.2 Å². The Labute approximate surface area is 293 Å². The summed E-state index contributed by atoms with van der Waals surface area (Å²) < 4.78 is 13.1. The van der Waals surface area contributed by atoms with E-state index in [9.17, 15) is 0 Å². The van der Waals surface area contributed by atoms with E-state index >= 15 is 0 Å². The lowest BCUT2D eigenvalue weighted by atomic mass is 9.92. The maximum absolute atomic E-state index is 6.61. The third-order valence-electron chi connectivity index (χ3n) is 10.6. The van der Waals surface area contributed by atoms with Crippen molar-refractivity contribution < 1.29 is 8.83 Å². The molecule has 0 amide bonds. The Kier molecular flexibility index (Phi) is 5.84. The zero-order chi connectivity index (χ0) is 33.6. The summed E-state index contributed by atoms with van der Waals surface area (Å²) in [7, 11) is 2.14. The minimum absolute atomic E-state index is 0.872. The lowest BCUT2D eigenvalue weighted by Gasteiger charge is -2.28. The summed E-state index contributed by atoms with van der Waals surface area (Å²) in [6.07, 6.45) is 0. The summed E-state index contributed by atoms with van der Waals surface area (Å²) in [6.45, 7) is 0. The van der Waals surface area contributed by atoms with Gasteiger partial charge in [-0.1, -0.05) is 115 Å². The first-order valence-corrected chi connectivity index (χ1v) is 17.3. The van der Waals surface area contributed by atoms with Gasteiger partial charge in [0.25, 0.3) is 0 Å². The van der Waals surface area contributed by atoms with Gasteiger partial charge < -0.3 is 18.6 Å². The number of furan rings is 2. The number of hydrogen-bond acceptors (Lipinski definition) is 4. The molecule has 0 bridgehead atoms. The van der Waals surface area contributed by atoms with Crippen LogP contribution >= 0.6 is 0 Å². The number of rotatable bonds is 5. The Hall–Kier alpha value is -6.78. The average Bonchev–Trinajstić information content (AvgIpc) is 3.77. The molecule has 2 heterocycles. The maximum Gasteiger partial charge on any atom is 0.159 e. The van der Waals surface area contributed by atoms with Gasteiger partial charge in [0, 0.05) is 50.7 Å². The highest BCUT2D eigenvalue weighted by molar-refractivity contribution is 6.28. The van der Waals surface area contributed by atoms with Gasteiger partial charge >= 0.3 is 0 Å². The van der Waals surface area contributed by atoms with Crippen LogP contribution < -0.4 is 9.80 Å². The molecule has 0 spiro atoms. The molecule has 0 saturated carbocycles. The smallest absolute Gasteiger partial charge is 0.159 e. The second kappa shape index (κ2) is 10.6. The number of benzene rings is 9. The Balaban J connectivity index is 1.16. The fraction of sp³-hybridized carbons (Fsp3) is 0.0213. The summed E-state index contributed by atoms with van der Waals surface area (Å²) in [5.41, 5.74) is 8.89. The van der Waals surface area contributed by atoms with E-state index in [0.717, 1.165) is 72.3 Å². The summed E-state index contributed by atoms with van der Waals surface area (Å²) in [6, 6.07) is 58.1. The van der Waals surface area contributed by atoms with Crippen LogP contribution in [0.3, 0.4) is 0 Å². The van der Waals surface area contributed by atoms with Gasteiger partial charge in [0.2, 0.25) is 0 Å². The van der Waals surface area contributed by atoms with Gasteiger partial charge in [-0.15, -0.1) is 0 Å². The van der Waals surface area contributed by atoms with Gasteiger partial charge in [-0.05, 0) is 70.1 Å². The minimum atomic E-state index is 0.872. The highest BCUT2D eigenvalue weighted by atomic mass is 16.3. The van der Waals surface area contributed by atoms with Crippen LogP contribution in [0.4, 0.5) is 28.4 Å². The van der Waals surface area contributed by atoms with E-state index in [4.69, 9.17) is 8.83 Å². The van der Waals surface area contributed by atoms with Gasteiger partial charge in [-0.3, -0.25) is 0 Å². The minimum Gasteiger partial charge on any atom is -0.454 e. The third-order valence-corrected chi connectivity index (χ3v) is 10.6. The summed E-state index contributed by atoms with van der Waals surface area (Å²) in [4.78, 5) is 4.63. The predicted octanol–water partition coefficient (Wildman–Crippen LogP) is 13.6. The zero-order valence-corrected chi connectivity index (χ0v) is 27.8. The molecule has 0 N–H and O–H groups in total. The van der Waals surface area contributed by atoms with Crippen LogP contribution in [0.15, 0.2) is 173 Å². The van der Waals surface area contributed by atoms with Crippen molar-refractivity contribution in [3.63, 3.8) is 0 Å². The zero-order valence-electron chi connectivity index (χ0n) is 27.8. The quantitative estimate of drug-likeness (QED) is 0.173. The van der Waals surface area contributed by atoms with Crippen molar-refractivity contribution in [3.8, 4) is 0 Å². The van der Waals surface area contributed by atoms with Crippen molar-refractivity contribution in [2.45, 2.75) is 0 Å². The molecular formula is C47H30N2O2. The second-order valence-corrected chi connectivity index (χ2v) is 13.3. The third kappa shape index (κ3) is 4.02. The van der Waals surface area contributed by atoms with Gasteiger partial charge in [0.05, 0.1) is 17.1 Å². The van der Waals surface area contributed by atoms with Gasteiger partial charge in [-0.25, -0.2) is 0 Å². The molecule has 0 aliphatic heterocycles. The molecule has 0 aliphatic carbocycles. The van der Waals surface area contributed by atoms with Crippen LogP contribution in [-0.2, 0) is 0 Å². The van der Waals surface area contributed by atoms with E-state index in [0.29, 0.717) is 0 Å². The highest BCUT2D eigenvalue weighted by Crippen LogP contribution is 2.48. The largest absolute Gasteiger partial charge is 0.454 e. The molecule has 11 aromatic rings. The van der Waals surface area contributed by atoms with Gasteiger partial charge in [-0.2, -0.15) is 0 Å². The van der Waals surface area contributed by atoms with Crippen molar-refractivity contribution >= 4 is 105 Å². The van der Waals surface area contributed by atoms with E-state index in [-0.39, 0.29) is 0 Å². The molecule has 11 rings (SSSR count). The number of hydrogen-bond donors (Lipinski definition) is 0. The van der Waals surface area contributed by atoms with Crippen LogP contribution in [0.25, 0.3) is 76.2 Å². The number of nitrogens with zero attached hydrogens (tertiary/aromatic N) is 2. The summed E-state index contributed by atoms with van der Waals surface area (Å²) >= 11 is 0. The first-order valence-electron chi connectivity index (χ1n) is 17.3. The topological polar surface area (TPSA) is 32.8 Å². The predicted molar refractivity (Wildman–Crippen MR) is 214 cm³/mol. The molecule has 240 valence electrons. The van der Waals surface area contributed by atoms with Crippen molar-refractivity contribution in [2.24, 2.45) is 0 Å². The first kappa shape index (κ1) is 28.1. The van der Waals surface area contributed by atoms with E-state index in [1.54, 1.807) is 0 Å². The highest BCUT2D eigenvalue weighted by Gasteiger charge is 2.23. The normalized spacial score (nSPS) is 12.0. The van der Waals surface area contributed by atoms with Crippen LogP contribution in [0, 0.1) is 0 Å². The van der Waals surface area contributed by atoms with E-state index in [2.05, 4.69) is 156 Å². The van der Waals surface area contributed by atoms with Crippen LogP contribution in [0.5, 0.6) is 0 Å². The van der Waals surface area contributed by atoms with Gasteiger partial charge in [0.1, 0.15) is 11.2 Å². The standard InChI is InChI=1S/C47H30N2O2/c1-48(40-17-9-15-34-32-13-5-7-19-42(32)50-46(34)40)38-27-23-29-22-26-37-39(28-24-30-21-25-36(38)44(29)45(30)37)49(31-11-3-2-4-12-31)41-18-10-16-35-33-14-6-8-20-43(33)51-47(35)41/h2-28H,1H3. The number of fused-ring (bicyclic) bond motifs is 6. The van der Waals surface area contributed by atoms with E-state index in [1.807, 2.05) is 24.3 Å². The molecule has 4 nitrogen and oxygen atoms in total. The number of anilines is 5. The Morgan fingerprint density at radius 1 is 0.353 bits per heavy atom. The molecular weight excluding hydrogens is 625 g/mol. The van der Waals surface area contributed by atoms with Crippen molar-refractivity contribution in [1.82, 2.24) is 0 Å². The molecule has 0 aliphatic rings. The monoisotopic (exact) mass is 654 g/mol. The molecule has 2 aromatic heterocycles. The SMILES string of the molecule is CN(c1ccc2ccc3c(N(c4ccccc4)c4cccc5c4oc4ccccc45)ccc4ccc1c2c43)c1cccc2c1oc1ccccc12. The lowest BCUT2D eigenvalue weighted by molar-refractivity contribution is 0.668. The Morgan fingerprint density at radius 3 is 1.49 bits per heavy atom. The molecule has 4 heteroatoms. The molecule has 0 radical (unpaired) electrons. The van der Waals surface area contributed by atoms with Crippen molar-refractivity contribution in [3.05, 3.63) is 164 Å². The molecule has 51 heavy (non-hydrogen) atoms. The Morgan fingerprint density at radius 2 is 0.843 bits per heavy atom. The molecule has 0 unspecified atom stereocenters. The van der Waals surface area contributed by atoms with Crippen molar-refractivity contribution in [1.29, 1.82) is 0 Å². The van der Waals surface area contributed by atoms with Crippen molar-refractivity contribution in [2.75, 3.05) is 16.8 Å². The second-order valence-electron chi connectivity index (χ2n) is 13.3. The summed E-state index contributed by atoms with van der Waals surface area (Å²) in [5.74, 6) is 0. The van der Waals surface area contributed by atoms with Crippen LogP contribution in [0.1, 0.15) is 0 Å². The summed E-state index contributed by atoms with van der Waals surface area (Å²) in [5, 5.41) is 11.8. The van der Waals surface area contributed by atoms with E-state index in [1.165, 1.54) is 32.3 Å². The fourth-order valence-corrected chi connectivity index (χ4v) is 8.28. The average molecular weight is 655 g/mol. The van der Waals surface area contributed by atoms with E-state index < -0.39 is 0 Å². The van der Waals surface area contributed by atoms with Crippen LogP contribution in [-0.4, -0.2) is 7.05 Å². The maximum atomic E-state index is 6.61.